The quantitative estimate of drug-likeness (QED) is 0.469. The molecule has 1 saturated carbocycles. The van der Waals surface area contributed by atoms with Crippen molar-refractivity contribution in [2.45, 2.75) is 25.9 Å². The van der Waals surface area contributed by atoms with Crippen molar-refractivity contribution in [3.05, 3.63) is 0 Å². The molecule has 1 rings (SSSR count). The van der Waals surface area contributed by atoms with Gasteiger partial charge in [0.25, 0.3) is 0 Å². The molecule has 4 nitrogen and oxygen atoms in total. The number of rotatable bonds is 3. The van der Waals surface area contributed by atoms with Gasteiger partial charge in [-0.25, -0.2) is 0 Å². The molecular formula is C9H12O4. The van der Waals surface area contributed by atoms with Crippen molar-refractivity contribution in [3.63, 3.8) is 0 Å². The molecular weight excluding hydrogens is 172 g/mol. The van der Waals surface area contributed by atoms with Crippen LogP contribution in [0.15, 0.2) is 0 Å². The van der Waals surface area contributed by atoms with Gasteiger partial charge in [0.15, 0.2) is 0 Å². The Bertz CT molecular complexity index is 224. The minimum Gasteiger partial charge on any atom is -0.462 e. The van der Waals surface area contributed by atoms with E-state index in [1.54, 1.807) is 0 Å². The Morgan fingerprint density at radius 3 is 2.46 bits per heavy atom. The van der Waals surface area contributed by atoms with E-state index in [0.29, 0.717) is 12.8 Å². The monoisotopic (exact) mass is 184 g/mol. The zero-order chi connectivity index (χ0) is 9.84. The van der Waals surface area contributed by atoms with Gasteiger partial charge >= 0.3 is 5.97 Å². The lowest BCUT2D eigenvalue weighted by molar-refractivity contribution is -0.148. The maximum absolute atomic E-state index is 10.6. The van der Waals surface area contributed by atoms with Crippen LogP contribution in [0.5, 0.6) is 0 Å². The van der Waals surface area contributed by atoms with Crippen molar-refractivity contribution >= 4 is 18.5 Å². The molecule has 3 unspecified atom stereocenters. The first-order valence-electron chi connectivity index (χ1n) is 4.25. The fourth-order valence-electron chi connectivity index (χ4n) is 1.67. The van der Waals surface area contributed by atoms with E-state index in [4.69, 9.17) is 4.74 Å². The number of hydrogen-bond acceptors (Lipinski definition) is 4. The van der Waals surface area contributed by atoms with Gasteiger partial charge in [-0.15, -0.1) is 0 Å². The average Bonchev–Trinajstić information content (AvgIpc) is 2.46. The maximum atomic E-state index is 10.6. The number of esters is 1. The van der Waals surface area contributed by atoms with Crippen LogP contribution in [0.1, 0.15) is 19.8 Å². The Morgan fingerprint density at radius 2 is 2.00 bits per heavy atom. The normalized spacial score (nSPS) is 32.5. The summed E-state index contributed by atoms with van der Waals surface area (Å²) < 4.78 is 4.92. The molecule has 0 radical (unpaired) electrons. The zero-order valence-electron chi connectivity index (χ0n) is 7.43. The molecule has 0 heterocycles. The molecule has 3 atom stereocenters. The molecule has 0 aromatic heterocycles. The van der Waals surface area contributed by atoms with Crippen LogP contribution < -0.4 is 0 Å². The fraction of sp³-hybridized carbons (Fsp3) is 0.667. The molecule has 1 aliphatic carbocycles. The van der Waals surface area contributed by atoms with Crippen molar-refractivity contribution < 1.29 is 19.1 Å². The molecule has 0 N–H and O–H groups in total. The highest BCUT2D eigenvalue weighted by molar-refractivity contribution is 5.68. The van der Waals surface area contributed by atoms with Crippen molar-refractivity contribution in [1.82, 2.24) is 0 Å². The van der Waals surface area contributed by atoms with E-state index in [2.05, 4.69) is 0 Å². The second kappa shape index (κ2) is 4.16. The predicted molar refractivity (Wildman–Crippen MR) is 43.9 cm³/mol. The Balaban J connectivity index is 2.57. The molecule has 4 heteroatoms. The predicted octanol–water partition coefficient (Wildman–Crippen LogP) is 0.342. The van der Waals surface area contributed by atoms with Crippen molar-refractivity contribution in [2.75, 3.05) is 0 Å². The first kappa shape index (κ1) is 9.89. The van der Waals surface area contributed by atoms with E-state index < -0.39 is 12.1 Å². The van der Waals surface area contributed by atoms with Crippen LogP contribution in [-0.4, -0.2) is 24.6 Å². The minimum atomic E-state index is -0.400. The van der Waals surface area contributed by atoms with Gasteiger partial charge in [-0.2, -0.15) is 0 Å². The van der Waals surface area contributed by atoms with E-state index in [1.165, 1.54) is 6.92 Å². The van der Waals surface area contributed by atoms with Crippen molar-refractivity contribution in [3.8, 4) is 0 Å². The van der Waals surface area contributed by atoms with Crippen LogP contribution in [0, 0.1) is 11.8 Å². The van der Waals surface area contributed by atoms with E-state index in [0.717, 1.165) is 12.6 Å². The number of ether oxygens (including phenoxy) is 1. The highest BCUT2D eigenvalue weighted by atomic mass is 16.5. The average molecular weight is 184 g/mol. The zero-order valence-corrected chi connectivity index (χ0v) is 7.43. The first-order valence-corrected chi connectivity index (χ1v) is 4.25. The summed E-state index contributed by atoms with van der Waals surface area (Å²) >= 11 is 0. The molecule has 0 aromatic rings. The van der Waals surface area contributed by atoms with Gasteiger partial charge in [0.2, 0.25) is 0 Å². The number of carbonyl (C=O) groups excluding carboxylic acids is 3. The number of carbonyl (C=O) groups is 3. The highest BCUT2D eigenvalue weighted by Crippen LogP contribution is 2.30. The SMILES string of the molecule is CC(=O)OC1CC(C=O)CC1C=O. The second-order valence-electron chi connectivity index (χ2n) is 3.32. The van der Waals surface area contributed by atoms with E-state index in [9.17, 15) is 14.4 Å². The van der Waals surface area contributed by atoms with Gasteiger partial charge in [0.1, 0.15) is 18.7 Å². The number of aldehydes is 2. The van der Waals surface area contributed by atoms with Crippen LogP contribution >= 0.6 is 0 Å². The summed E-state index contributed by atoms with van der Waals surface area (Å²) in [5.74, 6) is -0.845. The largest absolute Gasteiger partial charge is 0.462 e. The topological polar surface area (TPSA) is 60.4 Å². The van der Waals surface area contributed by atoms with Gasteiger partial charge < -0.3 is 14.3 Å². The molecule has 0 amide bonds. The summed E-state index contributed by atoms with van der Waals surface area (Å²) in [4.78, 5) is 31.6. The highest BCUT2D eigenvalue weighted by Gasteiger charge is 2.35. The molecule has 0 bridgehead atoms. The van der Waals surface area contributed by atoms with Crippen LogP contribution in [0.25, 0.3) is 0 Å². The third-order valence-corrected chi connectivity index (χ3v) is 2.27. The Morgan fingerprint density at radius 1 is 1.31 bits per heavy atom. The lowest BCUT2D eigenvalue weighted by Crippen LogP contribution is -2.21. The fourth-order valence-corrected chi connectivity index (χ4v) is 1.67. The molecule has 0 saturated heterocycles. The number of hydrogen-bond donors (Lipinski definition) is 0. The molecule has 1 aliphatic rings. The molecule has 0 aromatic carbocycles. The lowest BCUT2D eigenvalue weighted by atomic mass is 10.1. The summed E-state index contributed by atoms with van der Waals surface area (Å²) in [6.45, 7) is 1.30. The first-order chi connectivity index (χ1) is 6.17. The molecule has 0 aliphatic heterocycles. The summed E-state index contributed by atoms with van der Waals surface area (Å²) in [6.07, 6.45) is 2.17. The third-order valence-electron chi connectivity index (χ3n) is 2.27. The van der Waals surface area contributed by atoms with Gasteiger partial charge in [-0.05, 0) is 12.8 Å². The van der Waals surface area contributed by atoms with Crippen LogP contribution in [0.3, 0.4) is 0 Å². The summed E-state index contributed by atoms with van der Waals surface area (Å²) in [6, 6.07) is 0. The van der Waals surface area contributed by atoms with Gasteiger partial charge in [-0.3, -0.25) is 4.79 Å². The van der Waals surface area contributed by atoms with Crippen molar-refractivity contribution in [1.29, 1.82) is 0 Å². The third kappa shape index (κ3) is 2.37. The van der Waals surface area contributed by atoms with Gasteiger partial charge in [0, 0.05) is 12.8 Å². The lowest BCUT2D eigenvalue weighted by Gasteiger charge is -2.13. The molecule has 13 heavy (non-hydrogen) atoms. The summed E-state index contributed by atoms with van der Waals surface area (Å²) in [7, 11) is 0. The van der Waals surface area contributed by atoms with E-state index >= 15 is 0 Å². The van der Waals surface area contributed by atoms with Crippen LogP contribution in [0.2, 0.25) is 0 Å². The second-order valence-corrected chi connectivity index (χ2v) is 3.32. The van der Waals surface area contributed by atoms with E-state index in [-0.39, 0.29) is 11.8 Å². The Labute approximate surface area is 76.3 Å². The maximum Gasteiger partial charge on any atom is 0.302 e. The summed E-state index contributed by atoms with van der Waals surface area (Å²) in [5, 5.41) is 0. The van der Waals surface area contributed by atoms with Crippen LogP contribution in [-0.2, 0) is 19.1 Å². The van der Waals surface area contributed by atoms with Crippen molar-refractivity contribution in [2.24, 2.45) is 11.8 Å². The standard InChI is InChI=1S/C9H12O4/c1-6(12)13-9-3-7(4-10)2-8(9)5-11/h4-5,7-9H,2-3H2,1H3. The van der Waals surface area contributed by atoms with Gasteiger partial charge in [-0.1, -0.05) is 0 Å². The van der Waals surface area contributed by atoms with Gasteiger partial charge in [0.05, 0.1) is 5.92 Å². The Kier molecular flexibility index (Phi) is 3.17. The van der Waals surface area contributed by atoms with E-state index in [1.807, 2.05) is 0 Å². The Hall–Kier alpha value is -1.19. The minimum absolute atomic E-state index is 0.139. The molecule has 0 spiro atoms. The molecule has 1 fully saturated rings. The summed E-state index contributed by atoms with van der Waals surface area (Å²) in [5.41, 5.74) is 0. The smallest absolute Gasteiger partial charge is 0.302 e. The van der Waals surface area contributed by atoms with Crippen LogP contribution in [0.4, 0.5) is 0 Å². The molecule has 72 valence electrons.